The van der Waals surface area contributed by atoms with Crippen LogP contribution in [0.15, 0.2) is 53.4 Å². The molecule has 0 bridgehead atoms. The number of rotatable bonds is 5. The highest BCUT2D eigenvalue weighted by Crippen LogP contribution is 2.32. The predicted molar refractivity (Wildman–Crippen MR) is 113 cm³/mol. The Balaban J connectivity index is 2.10. The van der Waals surface area contributed by atoms with E-state index in [1.807, 2.05) is 20.8 Å². The van der Waals surface area contributed by atoms with Gasteiger partial charge in [0.05, 0.1) is 16.3 Å². The van der Waals surface area contributed by atoms with Gasteiger partial charge in [0.1, 0.15) is 9.92 Å². The van der Waals surface area contributed by atoms with Crippen molar-refractivity contribution in [2.45, 2.75) is 31.1 Å². The third-order valence-corrected chi connectivity index (χ3v) is 5.87. The summed E-state index contributed by atoms with van der Waals surface area (Å²) < 4.78 is 32.3. The van der Waals surface area contributed by atoms with Crippen LogP contribution in [0.5, 0.6) is 5.88 Å². The summed E-state index contributed by atoms with van der Waals surface area (Å²) in [7, 11) is -4.42. The molecule has 0 atom stereocenters. The lowest BCUT2D eigenvalue weighted by molar-refractivity contribution is -0.384. The van der Waals surface area contributed by atoms with Crippen molar-refractivity contribution in [1.29, 1.82) is 0 Å². The molecule has 2 aromatic carbocycles. The molecule has 0 unspecified atom stereocenters. The van der Waals surface area contributed by atoms with Crippen LogP contribution < -0.4 is 4.18 Å². The summed E-state index contributed by atoms with van der Waals surface area (Å²) in [6.45, 7) is 5.75. The molecular formula is C19H17Cl2N3O5S. The number of nitro benzene ring substituents is 1. The third-order valence-electron chi connectivity index (χ3n) is 4.10. The van der Waals surface area contributed by atoms with E-state index in [0.29, 0.717) is 16.4 Å². The highest BCUT2D eigenvalue weighted by atomic mass is 35.5. The Morgan fingerprint density at radius 3 is 2.40 bits per heavy atom. The summed E-state index contributed by atoms with van der Waals surface area (Å²) in [5.74, 6) is -0.0835. The molecule has 0 aliphatic rings. The molecule has 0 N–H and O–H groups in total. The van der Waals surface area contributed by atoms with Gasteiger partial charge < -0.3 is 4.18 Å². The van der Waals surface area contributed by atoms with Crippen LogP contribution in [0.4, 0.5) is 5.69 Å². The van der Waals surface area contributed by atoms with Crippen LogP contribution in [0.1, 0.15) is 26.5 Å². The van der Waals surface area contributed by atoms with E-state index < -0.39 is 31.0 Å². The lowest BCUT2D eigenvalue weighted by atomic mass is 9.93. The van der Waals surface area contributed by atoms with Crippen LogP contribution in [0, 0.1) is 10.1 Å². The van der Waals surface area contributed by atoms with Gasteiger partial charge in [-0.3, -0.25) is 10.1 Å². The Morgan fingerprint density at radius 1 is 1.10 bits per heavy atom. The summed E-state index contributed by atoms with van der Waals surface area (Å²) in [5.41, 5.74) is 0.130. The molecule has 0 spiro atoms. The predicted octanol–water partition coefficient (Wildman–Crippen LogP) is 5.15. The first-order valence-corrected chi connectivity index (χ1v) is 10.8. The molecule has 0 fully saturated rings. The van der Waals surface area contributed by atoms with Gasteiger partial charge in [-0.05, 0) is 30.3 Å². The minimum absolute atomic E-state index is 0.0835. The summed E-state index contributed by atoms with van der Waals surface area (Å²) in [5, 5.41) is 15.8. The smallest absolute Gasteiger partial charge is 0.340 e. The molecule has 0 saturated heterocycles. The highest BCUT2D eigenvalue weighted by Gasteiger charge is 2.27. The van der Waals surface area contributed by atoms with Gasteiger partial charge in [-0.15, -0.1) is 0 Å². The second-order valence-corrected chi connectivity index (χ2v) is 9.81. The fraction of sp³-hybridized carbons (Fsp3) is 0.211. The maximum absolute atomic E-state index is 12.8. The minimum atomic E-state index is -4.42. The molecule has 0 amide bonds. The number of nitro groups is 1. The van der Waals surface area contributed by atoms with Gasteiger partial charge in [0.15, 0.2) is 0 Å². The maximum Gasteiger partial charge on any atom is 0.340 e. The van der Waals surface area contributed by atoms with Gasteiger partial charge in [0.25, 0.3) is 5.69 Å². The average molecular weight is 470 g/mol. The van der Waals surface area contributed by atoms with E-state index in [9.17, 15) is 18.5 Å². The van der Waals surface area contributed by atoms with Crippen molar-refractivity contribution in [2.24, 2.45) is 0 Å². The van der Waals surface area contributed by atoms with E-state index in [1.165, 1.54) is 10.7 Å². The first kappa shape index (κ1) is 22.1. The summed E-state index contributed by atoms with van der Waals surface area (Å²) in [6, 6.07) is 11.3. The maximum atomic E-state index is 12.8. The molecule has 0 aliphatic carbocycles. The fourth-order valence-corrected chi connectivity index (χ4v) is 3.83. The van der Waals surface area contributed by atoms with Crippen LogP contribution in [0.2, 0.25) is 10.0 Å². The largest absolute Gasteiger partial charge is 0.358 e. The Bertz CT molecular complexity index is 1230. The zero-order chi connectivity index (χ0) is 22.3. The summed E-state index contributed by atoms with van der Waals surface area (Å²) in [6.07, 6.45) is 0. The molecule has 0 aliphatic heterocycles. The molecule has 3 aromatic rings. The number of hydrogen-bond acceptors (Lipinski definition) is 6. The quantitative estimate of drug-likeness (QED) is 0.290. The Labute approximate surface area is 183 Å². The lowest BCUT2D eigenvalue weighted by Crippen LogP contribution is -2.13. The zero-order valence-electron chi connectivity index (χ0n) is 16.2. The molecule has 11 heteroatoms. The molecule has 158 valence electrons. The van der Waals surface area contributed by atoms with Gasteiger partial charge in [-0.25, -0.2) is 0 Å². The molecule has 1 aromatic heterocycles. The number of benzene rings is 2. The van der Waals surface area contributed by atoms with E-state index in [2.05, 4.69) is 5.10 Å². The topological polar surface area (TPSA) is 104 Å². The number of aromatic nitrogens is 2. The number of nitrogens with zero attached hydrogens (tertiary/aromatic N) is 3. The average Bonchev–Trinajstić information content (AvgIpc) is 3.05. The molecule has 0 saturated carbocycles. The molecule has 30 heavy (non-hydrogen) atoms. The molecular weight excluding hydrogens is 453 g/mol. The van der Waals surface area contributed by atoms with Gasteiger partial charge >= 0.3 is 10.1 Å². The van der Waals surface area contributed by atoms with E-state index in [1.54, 1.807) is 24.3 Å². The van der Waals surface area contributed by atoms with Crippen LogP contribution >= 0.6 is 23.2 Å². The third kappa shape index (κ3) is 4.58. The second kappa shape index (κ2) is 7.90. The van der Waals surface area contributed by atoms with Gasteiger partial charge in [0, 0.05) is 22.6 Å². The Morgan fingerprint density at radius 2 is 1.80 bits per heavy atom. The monoisotopic (exact) mass is 469 g/mol. The van der Waals surface area contributed by atoms with Crippen molar-refractivity contribution in [3.05, 3.63) is 74.4 Å². The van der Waals surface area contributed by atoms with Crippen molar-refractivity contribution in [3.8, 4) is 11.6 Å². The van der Waals surface area contributed by atoms with Crippen LogP contribution in [-0.2, 0) is 15.5 Å². The highest BCUT2D eigenvalue weighted by molar-refractivity contribution is 7.87. The molecule has 1 heterocycles. The van der Waals surface area contributed by atoms with Crippen LogP contribution in [-0.4, -0.2) is 23.1 Å². The van der Waals surface area contributed by atoms with E-state index in [-0.39, 0.29) is 10.9 Å². The zero-order valence-corrected chi connectivity index (χ0v) is 18.5. The summed E-state index contributed by atoms with van der Waals surface area (Å²) in [4.78, 5) is 9.93. The first-order valence-electron chi connectivity index (χ1n) is 8.63. The molecule has 8 nitrogen and oxygen atoms in total. The van der Waals surface area contributed by atoms with Crippen molar-refractivity contribution in [3.63, 3.8) is 0 Å². The summed E-state index contributed by atoms with van der Waals surface area (Å²) >= 11 is 11.8. The number of hydrogen-bond donors (Lipinski definition) is 0. The van der Waals surface area contributed by atoms with E-state index in [4.69, 9.17) is 27.4 Å². The fourth-order valence-electron chi connectivity index (χ4n) is 2.53. The van der Waals surface area contributed by atoms with Crippen molar-refractivity contribution in [2.75, 3.05) is 0 Å². The Kier molecular flexibility index (Phi) is 5.81. The van der Waals surface area contributed by atoms with E-state index >= 15 is 0 Å². The van der Waals surface area contributed by atoms with Gasteiger partial charge in [0.2, 0.25) is 5.88 Å². The van der Waals surface area contributed by atoms with Gasteiger partial charge in [-0.2, -0.15) is 18.2 Å². The lowest BCUT2D eigenvalue weighted by Gasteiger charge is -2.13. The SMILES string of the molecule is CC(C)(C)c1cc(OS(=O)(=O)c2ccc(Cl)c([N+](=O)[O-])c2)n(-c2cccc(Cl)c2)n1. The first-order chi connectivity index (χ1) is 13.9. The van der Waals surface area contributed by atoms with Gasteiger partial charge in [-0.1, -0.05) is 50.0 Å². The van der Waals surface area contributed by atoms with Crippen LogP contribution in [0.3, 0.4) is 0 Å². The standard InChI is InChI=1S/C19H17Cl2N3O5S/c1-19(2,3)17-11-18(23(22-17)13-6-4-5-12(20)9-13)29-30(27,28)14-7-8-15(21)16(10-14)24(25)26/h4-11H,1-3H3. The van der Waals surface area contributed by atoms with Crippen LogP contribution in [0.25, 0.3) is 5.69 Å². The van der Waals surface area contributed by atoms with Crippen molar-refractivity contribution < 1.29 is 17.5 Å². The minimum Gasteiger partial charge on any atom is -0.358 e. The normalized spacial score (nSPS) is 12.0. The Hall–Kier alpha value is -2.62. The second-order valence-electron chi connectivity index (χ2n) is 7.42. The van der Waals surface area contributed by atoms with E-state index in [0.717, 1.165) is 18.2 Å². The molecule has 0 radical (unpaired) electrons. The van der Waals surface area contributed by atoms with Crippen molar-refractivity contribution >= 4 is 39.0 Å². The van der Waals surface area contributed by atoms with Crippen molar-refractivity contribution in [1.82, 2.24) is 9.78 Å². The number of halogens is 2. The molecule has 3 rings (SSSR count).